The molecule has 0 spiro atoms. The van der Waals surface area contributed by atoms with Gasteiger partial charge in [-0.2, -0.15) is 0 Å². The molecule has 2 amide bonds. The molecule has 1 saturated carbocycles. The fraction of sp³-hybridized carbons (Fsp3) is 0.464. The molecular weight excluding hydrogens is 486 g/mol. The fourth-order valence-corrected chi connectivity index (χ4v) is 4.85. The topological polar surface area (TPSA) is 91.2 Å². The molecule has 0 saturated heterocycles. The van der Waals surface area contributed by atoms with Crippen LogP contribution >= 0.6 is 0 Å². The Labute approximate surface area is 224 Å². The van der Waals surface area contributed by atoms with Gasteiger partial charge in [-0.15, -0.1) is 5.10 Å². The summed E-state index contributed by atoms with van der Waals surface area (Å²) in [5.41, 5.74) is 3.32. The first-order valence-corrected chi connectivity index (χ1v) is 12.8. The van der Waals surface area contributed by atoms with E-state index in [1.165, 1.54) is 0 Å². The van der Waals surface area contributed by atoms with E-state index >= 15 is 0 Å². The maximum absolute atomic E-state index is 13.9. The van der Waals surface area contributed by atoms with Crippen LogP contribution in [0.3, 0.4) is 0 Å². The highest BCUT2D eigenvalue weighted by Gasteiger charge is 2.29. The SMILES string of the molecule is COCOc1ccc(-c2nnn(C)c2CN(Cc2ccc(OC)cc2OC)C(=O)N(C)C2CCCC2)cc1. The summed E-state index contributed by atoms with van der Waals surface area (Å²) in [7, 11) is 8.57. The first kappa shape index (κ1) is 27.3. The second-order valence-electron chi connectivity index (χ2n) is 9.45. The average Bonchev–Trinajstić information content (AvgIpc) is 3.61. The number of methoxy groups -OCH3 is 3. The number of hydrogen-bond donors (Lipinski definition) is 0. The van der Waals surface area contributed by atoms with E-state index in [0.717, 1.165) is 42.5 Å². The van der Waals surface area contributed by atoms with Crippen molar-refractivity contribution in [3.8, 4) is 28.5 Å². The Hall–Kier alpha value is -3.79. The number of carbonyl (C=O) groups excluding carboxylic acids is 1. The summed E-state index contributed by atoms with van der Waals surface area (Å²) in [6.07, 6.45) is 4.35. The lowest BCUT2D eigenvalue weighted by Gasteiger charge is -2.32. The predicted octanol–water partition coefficient (Wildman–Crippen LogP) is 4.48. The van der Waals surface area contributed by atoms with E-state index in [2.05, 4.69) is 10.3 Å². The normalized spacial score (nSPS) is 13.4. The van der Waals surface area contributed by atoms with Crippen molar-refractivity contribution in [2.45, 2.75) is 44.8 Å². The van der Waals surface area contributed by atoms with Crippen LogP contribution in [-0.2, 0) is 24.9 Å². The number of ether oxygens (including phenoxy) is 4. The zero-order chi connectivity index (χ0) is 27.1. The van der Waals surface area contributed by atoms with Crippen LogP contribution in [0.25, 0.3) is 11.3 Å². The van der Waals surface area contributed by atoms with Crippen molar-refractivity contribution in [2.75, 3.05) is 35.2 Å². The third kappa shape index (κ3) is 6.19. The van der Waals surface area contributed by atoms with Crippen molar-refractivity contribution in [3.05, 3.63) is 53.7 Å². The number of rotatable bonds is 11. The molecular formula is C28H37N5O5. The number of aryl methyl sites for hydroxylation is 1. The molecule has 1 aromatic heterocycles. The standard InChI is InChI=1S/C28H37N5O5/c1-31(22-8-6-7-9-22)28(34)33(17-21-12-15-24(36-4)16-26(21)37-5)18-25-27(29-30-32(25)2)20-10-13-23(14-11-20)38-19-35-3/h10-16,22H,6-9,17-19H2,1-5H3. The van der Waals surface area contributed by atoms with Gasteiger partial charge in [0.1, 0.15) is 22.9 Å². The molecule has 0 bridgehead atoms. The number of benzene rings is 2. The largest absolute Gasteiger partial charge is 0.497 e. The van der Waals surface area contributed by atoms with E-state index in [1.54, 1.807) is 26.0 Å². The second-order valence-corrected chi connectivity index (χ2v) is 9.45. The lowest BCUT2D eigenvalue weighted by Crippen LogP contribution is -2.44. The molecule has 0 atom stereocenters. The molecule has 1 heterocycles. The minimum Gasteiger partial charge on any atom is -0.497 e. The molecule has 1 fully saturated rings. The van der Waals surface area contributed by atoms with Crippen molar-refractivity contribution >= 4 is 6.03 Å². The Balaban J connectivity index is 1.65. The fourth-order valence-electron chi connectivity index (χ4n) is 4.85. The van der Waals surface area contributed by atoms with Crippen LogP contribution in [0.4, 0.5) is 4.79 Å². The van der Waals surface area contributed by atoms with Gasteiger partial charge in [0.25, 0.3) is 0 Å². The van der Waals surface area contributed by atoms with Gasteiger partial charge in [0, 0.05) is 44.4 Å². The van der Waals surface area contributed by atoms with E-state index in [0.29, 0.717) is 36.0 Å². The van der Waals surface area contributed by atoms with Crippen LogP contribution < -0.4 is 14.2 Å². The molecule has 0 aliphatic heterocycles. The molecule has 0 radical (unpaired) electrons. The van der Waals surface area contributed by atoms with Gasteiger partial charge in [-0.3, -0.25) is 0 Å². The Morgan fingerprint density at radius 1 is 1.00 bits per heavy atom. The lowest BCUT2D eigenvalue weighted by atomic mass is 10.1. The van der Waals surface area contributed by atoms with Crippen LogP contribution in [0.5, 0.6) is 17.2 Å². The van der Waals surface area contributed by atoms with Gasteiger partial charge >= 0.3 is 6.03 Å². The number of urea groups is 1. The maximum atomic E-state index is 13.9. The average molecular weight is 524 g/mol. The molecule has 38 heavy (non-hydrogen) atoms. The number of hydrogen-bond acceptors (Lipinski definition) is 7. The second kappa shape index (κ2) is 12.6. The minimum absolute atomic E-state index is 0.0368. The molecule has 1 aliphatic rings. The van der Waals surface area contributed by atoms with Crippen molar-refractivity contribution in [2.24, 2.45) is 7.05 Å². The Bertz CT molecular complexity index is 1210. The first-order chi connectivity index (χ1) is 18.4. The summed E-state index contributed by atoms with van der Waals surface area (Å²) in [4.78, 5) is 17.6. The summed E-state index contributed by atoms with van der Waals surface area (Å²) >= 11 is 0. The van der Waals surface area contributed by atoms with Gasteiger partial charge in [-0.25, -0.2) is 9.48 Å². The quantitative estimate of drug-likeness (QED) is 0.342. The number of carbonyl (C=O) groups is 1. The van der Waals surface area contributed by atoms with Crippen LogP contribution in [0.1, 0.15) is 36.9 Å². The zero-order valence-corrected chi connectivity index (χ0v) is 22.8. The molecule has 4 rings (SSSR count). The third-order valence-electron chi connectivity index (χ3n) is 7.05. The predicted molar refractivity (Wildman–Crippen MR) is 143 cm³/mol. The third-order valence-corrected chi connectivity index (χ3v) is 7.05. The van der Waals surface area contributed by atoms with Crippen LogP contribution in [0.15, 0.2) is 42.5 Å². The summed E-state index contributed by atoms with van der Waals surface area (Å²) in [6.45, 7) is 0.861. The number of amides is 2. The molecule has 10 heteroatoms. The summed E-state index contributed by atoms with van der Waals surface area (Å²) < 4.78 is 23.2. The first-order valence-electron chi connectivity index (χ1n) is 12.8. The molecule has 3 aromatic rings. The smallest absolute Gasteiger partial charge is 0.320 e. The van der Waals surface area contributed by atoms with Crippen molar-refractivity contribution < 1.29 is 23.7 Å². The van der Waals surface area contributed by atoms with E-state index < -0.39 is 0 Å². The monoisotopic (exact) mass is 523 g/mol. The van der Waals surface area contributed by atoms with Gasteiger partial charge in [0.15, 0.2) is 6.79 Å². The van der Waals surface area contributed by atoms with Gasteiger partial charge in [0.2, 0.25) is 0 Å². The van der Waals surface area contributed by atoms with Gasteiger partial charge < -0.3 is 28.7 Å². The Morgan fingerprint density at radius 3 is 2.37 bits per heavy atom. The van der Waals surface area contributed by atoms with E-state index in [-0.39, 0.29) is 18.9 Å². The zero-order valence-electron chi connectivity index (χ0n) is 22.8. The summed E-state index contributed by atoms with van der Waals surface area (Å²) in [6, 6.07) is 13.5. The van der Waals surface area contributed by atoms with Gasteiger partial charge in [-0.05, 0) is 49.2 Å². The molecule has 1 aliphatic carbocycles. The molecule has 2 aromatic carbocycles. The summed E-state index contributed by atoms with van der Waals surface area (Å²) in [5, 5.41) is 8.72. The van der Waals surface area contributed by atoms with Crippen LogP contribution in [0, 0.1) is 0 Å². The Kier molecular flexibility index (Phi) is 9.06. The van der Waals surface area contributed by atoms with Crippen LogP contribution in [-0.4, -0.2) is 72.0 Å². The number of aromatic nitrogens is 3. The molecule has 0 unspecified atom stereocenters. The van der Waals surface area contributed by atoms with E-state index in [9.17, 15) is 4.79 Å². The van der Waals surface area contributed by atoms with Crippen molar-refractivity contribution in [1.82, 2.24) is 24.8 Å². The number of nitrogens with zero attached hydrogens (tertiary/aromatic N) is 5. The van der Waals surface area contributed by atoms with Crippen LogP contribution in [0.2, 0.25) is 0 Å². The highest BCUT2D eigenvalue weighted by atomic mass is 16.7. The highest BCUT2D eigenvalue weighted by Crippen LogP contribution is 2.30. The Morgan fingerprint density at radius 2 is 1.71 bits per heavy atom. The maximum Gasteiger partial charge on any atom is 0.320 e. The van der Waals surface area contributed by atoms with Crippen molar-refractivity contribution in [1.29, 1.82) is 0 Å². The molecule has 10 nitrogen and oxygen atoms in total. The molecule has 204 valence electrons. The molecule has 0 N–H and O–H groups in total. The van der Waals surface area contributed by atoms with E-state index in [1.807, 2.05) is 66.4 Å². The van der Waals surface area contributed by atoms with Gasteiger partial charge in [-0.1, -0.05) is 18.1 Å². The lowest BCUT2D eigenvalue weighted by molar-refractivity contribution is 0.0511. The highest BCUT2D eigenvalue weighted by molar-refractivity contribution is 5.75. The minimum atomic E-state index is -0.0368. The van der Waals surface area contributed by atoms with E-state index in [4.69, 9.17) is 18.9 Å². The summed E-state index contributed by atoms with van der Waals surface area (Å²) in [5.74, 6) is 2.06. The van der Waals surface area contributed by atoms with Gasteiger partial charge in [0.05, 0.1) is 33.0 Å². The van der Waals surface area contributed by atoms with Crippen molar-refractivity contribution in [3.63, 3.8) is 0 Å².